The van der Waals surface area contributed by atoms with Crippen molar-refractivity contribution in [3.8, 4) is 0 Å². The Bertz CT molecular complexity index is 929. The predicted molar refractivity (Wildman–Crippen MR) is 116 cm³/mol. The summed E-state index contributed by atoms with van der Waals surface area (Å²) < 4.78 is 17.0. The molecular formula is C24H36O10. The number of carbonyl (C=O) groups is 2. The van der Waals surface area contributed by atoms with Crippen molar-refractivity contribution >= 4 is 11.9 Å². The van der Waals surface area contributed by atoms with Gasteiger partial charge in [0, 0.05) is 43.4 Å². The van der Waals surface area contributed by atoms with E-state index < -0.39 is 76.5 Å². The lowest BCUT2D eigenvalue weighted by molar-refractivity contribution is -0.365. The van der Waals surface area contributed by atoms with Gasteiger partial charge in [-0.3, -0.25) is 9.59 Å². The third-order valence-corrected chi connectivity index (χ3v) is 9.23. The molecule has 1 heterocycles. The van der Waals surface area contributed by atoms with Gasteiger partial charge in [0.1, 0.15) is 17.8 Å². The van der Waals surface area contributed by atoms with Crippen LogP contribution in [0.3, 0.4) is 0 Å². The maximum absolute atomic E-state index is 12.2. The van der Waals surface area contributed by atoms with Gasteiger partial charge in [0.2, 0.25) is 0 Å². The highest BCUT2D eigenvalue weighted by Crippen LogP contribution is 2.64. The molecule has 3 fully saturated rings. The van der Waals surface area contributed by atoms with Crippen molar-refractivity contribution in [3.05, 3.63) is 11.1 Å². The summed E-state index contributed by atoms with van der Waals surface area (Å²) in [5.74, 6) is -2.55. The Labute approximate surface area is 198 Å². The highest BCUT2D eigenvalue weighted by atomic mass is 16.6. The molecule has 1 saturated heterocycles. The Morgan fingerprint density at radius 2 is 1.65 bits per heavy atom. The minimum atomic E-state index is -1.99. The molecule has 0 radical (unpaired) electrons. The van der Waals surface area contributed by atoms with Crippen LogP contribution in [0.15, 0.2) is 11.1 Å². The molecule has 3 aliphatic carbocycles. The number of hydrogen-bond acceptors (Lipinski definition) is 10. The molecule has 0 aromatic heterocycles. The molecule has 2 saturated carbocycles. The third kappa shape index (κ3) is 3.02. The fourth-order valence-electron chi connectivity index (χ4n) is 7.27. The first-order chi connectivity index (χ1) is 15.6. The van der Waals surface area contributed by atoms with Crippen molar-refractivity contribution in [1.82, 2.24) is 0 Å². The fourth-order valence-corrected chi connectivity index (χ4v) is 7.27. The minimum Gasteiger partial charge on any atom is -0.455 e. The largest absolute Gasteiger partial charge is 0.455 e. The summed E-state index contributed by atoms with van der Waals surface area (Å²) in [5, 5.41) is 58.1. The number of ether oxygens (including phenoxy) is 3. The molecular weight excluding hydrogens is 448 g/mol. The van der Waals surface area contributed by atoms with Crippen LogP contribution >= 0.6 is 0 Å². The van der Waals surface area contributed by atoms with Gasteiger partial charge in [-0.25, -0.2) is 0 Å². The van der Waals surface area contributed by atoms with Crippen LogP contribution in [-0.4, -0.2) is 91.9 Å². The smallest absolute Gasteiger partial charge is 0.303 e. The van der Waals surface area contributed by atoms with E-state index >= 15 is 0 Å². The van der Waals surface area contributed by atoms with E-state index in [0.717, 1.165) is 0 Å². The Hall–Kier alpha value is -1.56. The summed E-state index contributed by atoms with van der Waals surface area (Å²) >= 11 is 0. The molecule has 2 bridgehead atoms. The highest BCUT2D eigenvalue weighted by Gasteiger charge is 2.76. The summed E-state index contributed by atoms with van der Waals surface area (Å²) in [4.78, 5) is 24.3. The molecule has 0 spiro atoms. The van der Waals surface area contributed by atoms with Gasteiger partial charge in [0.25, 0.3) is 0 Å². The average Bonchev–Trinajstić information content (AvgIpc) is 2.71. The van der Waals surface area contributed by atoms with Gasteiger partial charge in [-0.05, 0) is 18.1 Å². The van der Waals surface area contributed by atoms with Gasteiger partial charge in [0.15, 0.2) is 11.7 Å². The molecule has 0 aromatic rings. The van der Waals surface area contributed by atoms with E-state index in [9.17, 15) is 35.1 Å². The fraction of sp³-hybridized carbons (Fsp3) is 0.833. The maximum atomic E-state index is 12.2. The van der Waals surface area contributed by atoms with Crippen LogP contribution in [-0.2, 0) is 23.8 Å². The number of fused-ring (bicyclic) bond motifs is 5. The lowest BCUT2D eigenvalue weighted by atomic mass is 9.44. The van der Waals surface area contributed by atoms with Gasteiger partial charge in [-0.1, -0.05) is 20.8 Å². The van der Waals surface area contributed by atoms with E-state index in [-0.39, 0.29) is 25.0 Å². The molecule has 1 aliphatic heterocycles. The molecule has 4 unspecified atom stereocenters. The molecule has 4 rings (SSSR count). The van der Waals surface area contributed by atoms with Crippen molar-refractivity contribution in [2.45, 2.75) is 102 Å². The molecule has 10 heteroatoms. The molecule has 10 atom stereocenters. The summed E-state index contributed by atoms with van der Waals surface area (Å²) in [6.07, 6.45) is -8.03. The van der Waals surface area contributed by atoms with E-state index in [0.29, 0.717) is 5.57 Å². The lowest BCUT2D eigenvalue weighted by Gasteiger charge is -2.68. The zero-order valence-corrected chi connectivity index (χ0v) is 20.4. The number of rotatable bonds is 2. The van der Waals surface area contributed by atoms with Gasteiger partial charge < -0.3 is 39.7 Å². The number of aliphatic hydroxyl groups is 5. The molecule has 0 amide bonds. The van der Waals surface area contributed by atoms with Crippen LogP contribution in [0.1, 0.15) is 54.4 Å². The minimum absolute atomic E-state index is 0.000667. The van der Waals surface area contributed by atoms with Crippen molar-refractivity contribution in [1.29, 1.82) is 0 Å². The first kappa shape index (κ1) is 25.5. The monoisotopic (exact) mass is 484 g/mol. The second kappa shape index (κ2) is 7.72. The Kier molecular flexibility index (Phi) is 5.79. The standard InChI is InChI=1S/C24H36O10/c1-10-13(27)8-24(31)20(30)18-22(6,14(28)7-15-23(18,9-32-15)34-12(3)26)19(29)17(33-11(2)25)16(10)21(24,4)5/h13-15,17-20,27-31H,7-9H2,1-6H3/t13-,14?,15?,17-,18-,19-,20-,22?,23-,24?/m0/s1. The Morgan fingerprint density at radius 1 is 1.03 bits per heavy atom. The first-order valence-corrected chi connectivity index (χ1v) is 11.7. The molecule has 192 valence electrons. The van der Waals surface area contributed by atoms with Crippen molar-refractivity contribution < 1.29 is 49.3 Å². The van der Waals surface area contributed by atoms with Gasteiger partial charge in [-0.2, -0.15) is 0 Å². The Morgan fingerprint density at radius 3 is 2.15 bits per heavy atom. The average molecular weight is 485 g/mol. The Balaban J connectivity index is 2.04. The van der Waals surface area contributed by atoms with E-state index in [1.165, 1.54) is 20.8 Å². The van der Waals surface area contributed by atoms with Gasteiger partial charge in [-0.15, -0.1) is 0 Å². The van der Waals surface area contributed by atoms with Crippen molar-refractivity contribution in [3.63, 3.8) is 0 Å². The number of carbonyl (C=O) groups excluding carboxylic acids is 2. The van der Waals surface area contributed by atoms with Crippen LogP contribution < -0.4 is 0 Å². The summed E-state index contributed by atoms with van der Waals surface area (Å²) in [6, 6.07) is 0. The highest BCUT2D eigenvalue weighted by molar-refractivity contribution is 5.67. The zero-order valence-electron chi connectivity index (χ0n) is 20.4. The zero-order chi connectivity index (χ0) is 25.6. The van der Waals surface area contributed by atoms with Gasteiger partial charge in [0.05, 0.1) is 24.9 Å². The van der Waals surface area contributed by atoms with Crippen LogP contribution in [0, 0.1) is 16.7 Å². The number of aliphatic hydroxyl groups excluding tert-OH is 4. The van der Waals surface area contributed by atoms with E-state index in [2.05, 4.69) is 0 Å². The maximum Gasteiger partial charge on any atom is 0.303 e. The summed E-state index contributed by atoms with van der Waals surface area (Å²) in [7, 11) is 0. The predicted octanol–water partition coefficient (Wildman–Crippen LogP) is -0.420. The second-order valence-corrected chi connectivity index (χ2v) is 11.2. The van der Waals surface area contributed by atoms with E-state index in [1.54, 1.807) is 20.8 Å². The van der Waals surface area contributed by atoms with Crippen LogP contribution in [0.4, 0.5) is 0 Å². The lowest BCUT2D eigenvalue weighted by Crippen LogP contribution is -2.82. The SMILES string of the molecule is CC(=O)O[C@H]1C2=C(C)[C@@H](O)CC(O)([C@@H](O)[C@H]3C(C)(C(O)CC4OC[C@]43OC(C)=O)[C@H]1O)C2(C)C. The van der Waals surface area contributed by atoms with Gasteiger partial charge >= 0.3 is 11.9 Å². The molecule has 10 nitrogen and oxygen atoms in total. The van der Waals surface area contributed by atoms with Crippen LogP contribution in [0.2, 0.25) is 0 Å². The molecule has 5 N–H and O–H groups in total. The third-order valence-electron chi connectivity index (χ3n) is 9.23. The number of esters is 2. The molecule has 34 heavy (non-hydrogen) atoms. The normalized spacial score (nSPS) is 49.6. The molecule has 0 aromatic carbocycles. The van der Waals surface area contributed by atoms with Crippen molar-refractivity contribution in [2.75, 3.05) is 6.61 Å². The second-order valence-electron chi connectivity index (χ2n) is 11.2. The van der Waals surface area contributed by atoms with E-state index in [4.69, 9.17) is 14.2 Å². The first-order valence-electron chi connectivity index (χ1n) is 11.7. The van der Waals surface area contributed by atoms with Crippen molar-refractivity contribution in [2.24, 2.45) is 16.7 Å². The molecule has 4 aliphatic rings. The van der Waals surface area contributed by atoms with Crippen LogP contribution in [0.5, 0.6) is 0 Å². The van der Waals surface area contributed by atoms with E-state index in [1.807, 2.05) is 0 Å². The summed E-state index contributed by atoms with van der Waals surface area (Å²) in [6.45, 7) is 8.77. The van der Waals surface area contributed by atoms with Crippen LogP contribution in [0.25, 0.3) is 0 Å². The number of hydrogen-bond donors (Lipinski definition) is 5. The quantitative estimate of drug-likeness (QED) is 0.257. The summed E-state index contributed by atoms with van der Waals surface area (Å²) in [5.41, 5.74) is -5.59. The topological polar surface area (TPSA) is 163 Å².